The summed E-state index contributed by atoms with van der Waals surface area (Å²) in [5.41, 5.74) is 10.8. The molecule has 0 amide bonds. The Morgan fingerprint density at radius 3 is 1.61 bits per heavy atom. The molecule has 0 aliphatic rings. The van der Waals surface area contributed by atoms with E-state index in [0.717, 1.165) is 17.1 Å². The molecular weight excluding hydrogens is 390 g/mol. The summed E-state index contributed by atoms with van der Waals surface area (Å²) in [5.74, 6) is 0. The molecule has 152 valence electrons. The second-order valence-electron chi connectivity index (χ2n) is 6.75. The van der Waals surface area contributed by atoms with Crippen molar-refractivity contribution in [2.24, 2.45) is 10.2 Å². The minimum atomic E-state index is -0.445. The number of azo groups is 1. The largest absolute Gasteiger partial charge is 0.399 e. The Hall–Kier alpha value is -4.52. The Bertz CT molecular complexity index is 1190. The number of nitrogen functional groups attached to an aromatic ring is 1. The zero-order valence-electron chi connectivity index (χ0n) is 16.5. The highest BCUT2D eigenvalue weighted by atomic mass is 16.6. The molecule has 0 saturated carbocycles. The summed E-state index contributed by atoms with van der Waals surface area (Å²) in [4.78, 5) is 12.4. The molecule has 0 radical (unpaired) electrons. The molecule has 0 unspecified atom stereocenters. The van der Waals surface area contributed by atoms with Crippen molar-refractivity contribution in [3.8, 4) is 0 Å². The fourth-order valence-electron chi connectivity index (χ4n) is 3.07. The second-order valence-corrected chi connectivity index (χ2v) is 6.75. The Balaban J connectivity index is 1.59. The average molecular weight is 409 g/mol. The van der Waals surface area contributed by atoms with Gasteiger partial charge in [0.1, 0.15) is 0 Å². The van der Waals surface area contributed by atoms with Gasteiger partial charge in [-0.1, -0.05) is 18.2 Å². The average Bonchev–Trinajstić information content (AvgIpc) is 2.81. The zero-order valence-corrected chi connectivity index (χ0v) is 16.5. The van der Waals surface area contributed by atoms with E-state index in [4.69, 9.17) is 5.73 Å². The molecule has 0 aromatic heterocycles. The maximum Gasteiger partial charge on any atom is 0.269 e. The van der Waals surface area contributed by atoms with Gasteiger partial charge in [-0.05, 0) is 72.8 Å². The topological polar surface area (TPSA) is 97.1 Å². The Labute approximate surface area is 179 Å². The summed E-state index contributed by atoms with van der Waals surface area (Å²) in [7, 11) is 0. The smallest absolute Gasteiger partial charge is 0.269 e. The maximum absolute atomic E-state index is 10.7. The highest BCUT2D eigenvalue weighted by Crippen LogP contribution is 2.35. The molecule has 0 fully saturated rings. The van der Waals surface area contributed by atoms with E-state index in [9.17, 15) is 10.1 Å². The highest BCUT2D eigenvalue weighted by Gasteiger charge is 2.12. The summed E-state index contributed by atoms with van der Waals surface area (Å²) < 4.78 is 0. The van der Waals surface area contributed by atoms with Gasteiger partial charge in [0.25, 0.3) is 5.69 Å². The third-order valence-electron chi connectivity index (χ3n) is 4.62. The summed E-state index contributed by atoms with van der Waals surface area (Å²) in [6.07, 6.45) is 0. The minimum Gasteiger partial charge on any atom is -0.399 e. The van der Waals surface area contributed by atoms with Crippen LogP contribution in [0.5, 0.6) is 0 Å². The number of hydrogen-bond donors (Lipinski definition) is 1. The van der Waals surface area contributed by atoms with Crippen LogP contribution in [-0.2, 0) is 0 Å². The van der Waals surface area contributed by atoms with Crippen LogP contribution in [-0.4, -0.2) is 4.92 Å². The number of nitro groups is 1. The number of anilines is 4. The molecule has 0 bridgehead atoms. The molecule has 7 heteroatoms. The molecule has 2 N–H and O–H groups in total. The fraction of sp³-hybridized carbons (Fsp3) is 0. The monoisotopic (exact) mass is 409 g/mol. The van der Waals surface area contributed by atoms with Crippen LogP contribution in [0, 0.1) is 10.1 Å². The van der Waals surface area contributed by atoms with Gasteiger partial charge in [0, 0.05) is 34.9 Å². The first-order chi connectivity index (χ1) is 15.1. The molecule has 0 saturated heterocycles. The highest BCUT2D eigenvalue weighted by molar-refractivity contribution is 5.77. The van der Waals surface area contributed by atoms with Crippen LogP contribution >= 0.6 is 0 Å². The maximum atomic E-state index is 10.7. The lowest BCUT2D eigenvalue weighted by Gasteiger charge is -2.25. The van der Waals surface area contributed by atoms with Gasteiger partial charge in [-0.25, -0.2) is 0 Å². The number of nitrogens with two attached hydrogens (primary N) is 1. The molecule has 0 atom stereocenters. The molecule has 4 aromatic carbocycles. The summed E-state index contributed by atoms with van der Waals surface area (Å²) in [6.45, 7) is 0. The molecule has 31 heavy (non-hydrogen) atoms. The Morgan fingerprint density at radius 1 is 0.645 bits per heavy atom. The van der Waals surface area contributed by atoms with E-state index >= 15 is 0 Å². The van der Waals surface area contributed by atoms with Crippen molar-refractivity contribution < 1.29 is 4.92 Å². The first kappa shape index (κ1) is 19.8. The van der Waals surface area contributed by atoms with Crippen molar-refractivity contribution in [1.82, 2.24) is 0 Å². The predicted octanol–water partition coefficient (Wildman–Crippen LogP) is 7.06. The molecule has 0 heterocycles. The number of benzene rings is 4. The molecule has 0 aliphatic heterocycles. The van der Waals surface area contributed by atoms with E-state index in [1.165, 1.54) is 12.1 Å². The van der Waals surface area contributed by atoms with Gasteiger partial charge in [-0.2, -0.15) is 10.2 Å². The first-order valence-electron chi connectivity index (χ1n) is 9.57. The van der Waals surface area contributed by atoms with Gasteiger partial charge in [0.2, 0.25) is 0 Å². The molecule has 0 aliphatic carbocycles. The quantitative estimate of drug-likeness (QED) is 0.159. The van der Waals surface area contributed by atoms with Crippen LogP contribution in [0.3, 0.4) is 0 Å². The van der Waals surface area contributed by atoms with Crippen LogP contribution < -0.4 is 10.6 Å². The predicted molar refractivity (Wildman–Crippen MR) is 123 cm³/mol. The lowest BCUT2D eigenvalue weighted by Crippen LogP contribution is -2.09. The number of nitrogens with zero attached hydrogens (tertiary/aromatic N) is 4. The van der Waals surface area contributed by atoms with Crippen LogP contribution in [0.4, 0.5) is 39.8 Å². The van der Waals surface area contributed by atoms with E-state index in [-0.39, 0.29) is 5.69 Å². The Morgan fingerprint density at radius 2 is 1.10 bits per heavy atom. The number of nitro benzene ring substituents is 1. The van der Waals surface area contributed by atoms with Gasteiger partial charge in [-0.15, -0.1) is 0 Å². The van der Waals surface area contributed by atoms with Crippen molar-refractivity contribution >= 4 is 39.8 Å². The van der Waals surface area contributed by atoms with Gasteiger partial charge < -0.3 is 10.6 Å². The number of para-hydroxylation sites is 1. The van der Waals surface area contributed by atoms with E-state index in [0.29, 0.717) is 17.1 Å². The van der Waals surface area contributed by atoms with Gasteiger partial charge in [0.15, 0.2) is 0 Å². The van der Waals surface area contributed by atoms with Gasteiger partial charge in [0.05, 0.1) is 16.3 Å². The Kier molecular flexibility index (Phi) is 5.66. The third kappa shape index (κ3) is 4.73. The molecule has 0 spiro atoms. The van der Waals surface area contributed by atoms with Crippen molar-refractivity contribution in [1.29, 1.82) is 0 Å². The van der Waals surface area contributed by atoms with E-state index in [1.807, 2.05) is 78.9 Å². The van der Waals surface area contributed by atoms with Crippen molar-refractivity contribution in [3.63, 3.8) is 0 Å². The number of rotatable bonds is 6. The van der Waals surface area contributed by atoms with Gasteiger partial charge >= 0.3 is 0 Å². The molecule has 7 nitrogen and oxygen atoms in total. The summed E-state index contributed by atoms with van der Waals surface area (Å²) in [5, 5.41) is 19.1. The van der Waals surface area contributed by atoms with Crippen LogP contribution in [0.15, 0.2) is 113 Å². The van der Waals surface area contributed by atoms with E-state index < -0.39 is 4.92 Å². The fourth-order valence-corrected chi connectivity index (χ4v) is 3.07. The van der Waals surface area contributed by atoms with Crippen molar-refractivity contribution in [2.75, 3.05) is 10.6 Å². The summed E-state index contributed by atoms with van der Waals surface area (Å²) in [6, 6.07) is 31.4. The SMILES string of the molecule is Nc1ccc(N(c2ccccc2)c2ccc(N=Nc3ccc([N+](=O)[O-])cc3)cc2)cc1. The lowest BCUT2D eigenvalue weighted by atomic mass is 10.2. The number of non-ortho nitro benzene ring substituents is 1. The normalized spacial score (nSPS) is 10.8. The number of hydrogen-bond acceptors (Lipinski definition) is 6. The van der Waals surface area contributed by atoms with Crippen LogP contribution in [0.1, 0.15) is 0 Å². The first-order valence-corrected chi connectivity index (χ1v) is 9.57. The third-order valence-corrected chi connectivity index (χ3v) is 4.62. The van der Waals surface area contributed by atoms with E-state index in [1.54, 1.807) is 12.1 Å². The zero-order chi connectivity index (χ0) is 21.6. The molecular formula is C24H19N5O2. The lowest BCUT2D eigenvalue weighted by molar-refractivity contribution is -0.384. The molecule has 4 rings (SSSR count). The van der Waals surface area contributed by atoms with Crippen molar-refractivity contribution in [2.45, 2.75) is 0 Å². The molecule has 4 aromatic rings. The minimum absolute atomic E-state index is 0.0203. The van der Waals surface area contributed by atoms with Crippen molar-refractivity contribution in [3.05, 3.63) is 113 Å². The summed E-state index contributed by atoms with van der Waals surface area (Å²) >= 11 is 0. The van der Waals surface area contributed by atoms with Crippen LogP contribution in [0.25, 0.3) is 0 Å². The van der Waals surface area contributed by atoms with E-state index in [2.05, 4.69) is 15.1 Å². The van der Waals surface area contributed by atoms with Crippen LogP contribution in [0.2, 0.25) is 0 Å². The standard InChI is InChI=1S/C24H19N5O2/c25-18-6-12-22(13-7-18)28(21-4-2-1-3-5-21)23-14-8-19(9-15-23)26-27-20-10-16-24(17-11-20)29(30)31/h1-17H,25H2. The second kappa shape index (κ2) is 8.87. The van der Waals surface area contributed by atoms with Gasteiger partial charge in [-0.3, -0.25) is 10.1 Å².